The van der Waals surface area contributed by atoms with Crippen LogP contribution in [0, 0.1) is 5.82 Å². The van der Waals surface area contributed by atoms with Gasteiger partial charge in [-0.3, -0.25) is 9.69 Å². The summed E-state index contributed by atoms with van der Waals surface area (Å²) in [4.78, 5) is 24.8. The van der Waals surface area contributed by atoms with Crippen LogP contribution in [-0.4, -0.2) is 48.6 Å². The number of hydrogen-bond donors (Lipinski definition) is 2. The lowest BCUT2D eigenvalue weighted by Gasteiger charge is -2.22. The number of Topliss-reactive ketones (excluding diaryl/α,β-unsaturated/α-hetero) is 1. The van der Waals surface area contributed by atoms with Crippen molar-refractivity contribution in [3.8, 4) is 5.75 Å². The predicted molar refractivity (Wildman–Crippen MR) is 95.0 cm³/mol. The predicted octanol–water partition coefficient (Wildman–Crippen LogP) is 2.79. The second-order valence-electron chi connectivity index (χ2n) is 5.69. The maximum absolute atomic E-state index is 13.8. The number of hydrogen-bond acceptors (Lipinski definition) is 4. The molecule has 0 heterocycles. The first kappa shape index (κ1) is 19.4. The fourth-order valence-electron chi connectivity index (χ4n) is 2.50. The van der Waals surface area contributed by atoms with Gasteiger partial charge in [-0.25, -0.2) is 9.18 Å². The third kappa shape index (κ3) is 5.86. The Morgan fingerprint density at radius 2 is 1.85 bits per heavy atom. The van der Waals surface area contributed by atoms with E-state index >= 15 is 0 Å². The van der Waals surface area contributed by atoms with Crippen molar-refractivity contribution in [1.29, 1.82) is 0 Å². The number of rotatable bonds is 9. The van der Waals surface area contributed by atoms with Crippen molar-refractivity contribution in [2.24, 2.45) is 0 Å². The number of carbonyl (C=O) groups excluding carboxylic acids is 1. The first-order valence-corrected chi connectivity index (χ1v) is 8.09. The Balaban J connectivity index is 2.07. The van der Waals surface area contributed by atoms with Gasteiger partial charge in [0.25, 0.3) is 0 Å². The molecule has 0 bridgehead atoms. The lowest BCUT2D eigenvalue weighted by atomic mass is 10.1. The highest BCUT2D eigenvalue weighted by molar-refractivity contribution is 5.97. The summed E-state index contributed by atoms with van der Waals surface area (Å²) in [7, 11) is 1.58. The van der Waals surface area contributed by atoms with Gasteiger partial charge in [0.2, 0.25) is 0 Å². The SMILES string of the molecule is COc1ccc(CN(CCNC(=O)O)CC(=O)c2ccccc2F)cc1. The number of ketones is 1. The van der Waals surface area contributed by atoms with Gasteiger partial charge in [-0.05, 0) is 29.8 Å². The van der Waals surface area contributed by atoms with Gasteiger partial charge in [-0.1, -0.05) is 24.3 Å². The minimum absolute atomic E-state index is 0.0196. The first-order chi connectivity index (χ1) is 12.5. The Morgan fingerprint density at radius 1 is 1.15 bits per heavy atom. The molecule has 2 aromatic carbocycles. The Morgan fingerprint density at radius 3 is 2.46 bits per heavy atom. The second-order valence-corrected chi connectivity index (χ2v) is 5.69. The van der Waals surface area contributed by atoms with Gasteiger partial charge in [0.15, 0.2) is 5.78 Å². The van der Waals surface area contributed by atoms with Crippen LogP contribution in [0.5, 0.6) is 5.75 Å². The van der Waals surface area contributed by atoms with Crippen molar-refractivity contribution < 1.29 is 23.8 Å². The molecule has 0 fully saturated rings. The maximum atomic E-state index is 13.8. The molecule has 7 heteroatoms. The number of carboxylic acid groups (broad SMARTS) is 1. The number of halogens is 1. The quantitative estimate of drug-likeness (QED) is 0.672. The molecule has 0 atom stereocenters. The van der Waals surface area contributed by atoms with E-state index in [0.29, 0.717) is 13.1 Å². The van der Waals surface area contributed by atoms with Crippen LogP contribution in [0.25, 0.3) is 0 Å². The van der Waals surface area contributed by atoms with E-state index in [2.05, 4.69) is 5.32 Å². The van der Waals surface area contributed by atoms with Crippen LogP contribution < -0.4 is 10.1 Å². The van der Waals surface area contributed by atoms with Crippen LogP contribution in [0.3, 0.4) is 0 Å². The van der Waals surface area contributed by atoms with Crippen LogP contribution in [0.15, 0.2) is 48.5 Å². The molecule has 0 radical (unpaired) electrons. The minimum Gasteiger partial charge on any atom is -0.497 e. The average molecular weight is 360 g/mol. The van der Waals surface area contributed by atoms with Gasteiger partial charge in [0.1, 0.15) is 11.6 Å². The zero-order valence-electron chi connectivity index (χ0n) is 14.4. The third-order valence-electron chi connectivity index (χ3n) is 3.81. The molecule has 0 unspecified atom stereocenters. The van der Waals surface area contributed by atoms with Gasteiger partial charge in [0.05, 0.1) is 19.2 Å². The van der Waals surface area contributed by atoms with E-state index in [1.165, 1.54) is 18.2 Å². The van der Waals surface area contributed by atoms with Gasteiger partial charge < -0.3 is 15.2 Å². The number of amides is 1. The molecular formula is C19H21FN2O4. The van der Waals surface area contributed by atoms with Crippen molar-refractivity contribution in [1.82, 2.24) is 10.2 Å². The number of methoxy groups -OCH3 is 1. The molecule has 26 heavy (non-hydrogen) atoms. The van der Waals surface area contributed by atoms with Crippen molar-refractivity contribution in [3.63, 3.8) is 0 Å². The Labute approximate surface area is 151 Å². The summed E-state index contributed by atoms with van der Waals surface area (Å²) in [5.41, 5.74) is 0.959. The van der Waals surface area contributed by atoms with E-state index in [9.17, 15) is 14.0 Å². The largest absolute Gasteiger partial charge is 0.497 e. The van der Waals surface area contributed by atoms with Crippen LogP contribution in [0.4, 0.5) is 9.18 Å². The molecule has 6 nitrogen and oxygen atoms in total. The Bertz CT molecular complexity index is 749. The van der Waals surface area contributed by atoms with Crippen molar-refractivity contribution >= 4 is 11.9 Å². The van der Waals surface area contributed by atoms with E-state index in [1.807, 2.05) is 24.3 Å². The molecular weight excluding hydrogens is 339 g/mol. The normalized spacial score (nSPS) is 10.6. The molecule has 1 amide bonds. The molecule has 138 valence electrons. The van der Waals surface area contributed by atoms with E-state index in [1.54, 1.807) is 18.1 Å². The van der Waals surface area contributed by atoms with Crippen LogP contribution >= 0.6 is 0 Å². The monoisotopic (exact) mass is 360 g/mol. The number of nitrogens with one attached hydrogen (secondary N) is 1. The van der Waals surface area contributed by atoms with E-state index < -0.39 is 11.9 Å². The van der Waals surface area contributed by atoms with Gasteiger partial charge >= 0.3 is 6.09 Å². The highest BCUT2D eigenvalue weighted by atomic mass is 19.1. The van der Waals surface area contributed by atoms with Crippen LogP contribution in [0.2, 0.25) is 0 Å². The third-order valence-corrected chi connectivity index (χ3v) is 3.81. The zero-order valence-corrected chi connectivity index (χ0v) is 14.4. The molecule has 0 aliphatic heterocycles. The summed E-state index contributed by atoms with van der Waals surface area (Å²) in [5.74, 6) is -0.201. The average Bonchev–Trinajstić information content (AvgIpc) is 2.62. The van der Waals surface area contributed by atoms with Gasteiger partial charge in [0, 0.05) is 19.6 Å². The summed E-state index contributed by atoms with van der Waals surface area (Å²) < 4.78 is 18.9. The minimum atomic E-state index is -1.13. The lowest BCUT2D eigenvalue weighted by molar-refractivity contribution is 0.0922. The summed E-state index contributed by atoms with van der Waals surface area (Å²) >= 11 is 0. The van der Waals surface area contributed by atoms with Gasteiger partial charge in [-0.2, -0.15) is 0 Å². The van der Waals surface area contributed by atoms with Crippen LogP contribution in [0.1, 0.15) is 15.9 Å². The van der Waals surface area contributed by atoms with Crippen LogP contribution in [-0.2, 0) is 6.54 Å². The lowest BCUT2D eigenvalue weighted by Crippen LogP contribution is -2.37. The molecule has 0 aliphatic carbocycles. The summed E-state index contributed by atoms with van der Waals surface area (Å²) in [6, 6.07) is 13.2. The van der Waals surface area contributed by atoms with E-state index in [4.69, 9.17) is 9.84 Å². The van der Waals surface area contributed by atoms with Crippen molar-refractivity contribution in [2.75, 3.05) is 26.7 Å². The number of ether oxygens (including phenoxy) is 1. The molecule has 0 aromatic heterocycles. The van der Waals surface area contributed by atoms with Crippen molar-refractivity contribution in [3.05, 3.63) is 65.5 Å². The van der Waals surface area contributed by atoms with Gasteiger partial charge in [-0.15, -0.1) is 0 Å². The Hall–Kier alpha value is -2.93. The zero-order chi connectivity index (χ0) is 18.9. The fraction of sp³-hybridized carbons (Fsp3) is 0.263. The molecule has 2 N–H and O–H groups in total. The fourth-order valence-corrected chi connectivity index (χ4v) is 2.50. The molecule has 2 aromatic rings. The maximum Gasteiger partial charge on any atom is 0.404 e. The van der Waals surface area contributed by atoms with E-state index in [-0.39, 0.29) is 24.4 Å². The standard InChI is InChI=1S/C19H21FN2O4/c1-26-15-8-6-14(7-9-15)12-22(11-10-21-19(24)25)13-18(23)16-4-2-3-5-17(16)20/h2-9,21H,10-13H2,1H3,(H,24,25). The van der Waals surface area contributed by atoms with E-state index in [0.717, 1.165) is 11.3 Å². The summed E-state index contributed by atoms with van der Waals surface area (Å²) in [5, 5.41) is 11.0. The molecule has 0 saturated carbocycles. The number of benzene rings is 2. The molecule has 0 aliphatic rings. The number of carbonyl (C=O) groups is 2. The first-order valence-electron chi connectivity index (χ1n) is 8.09. The highest BCUT2D eigenvalue weighted by Gasteiger charge is 2.16. The topological polar surface area (TPSA) is 78.9 Å². The second kappa shape index (κ2) is 9.53. The molecule has 0 saturated heterocycles. The highest BCUT2D eigenvalue weighted by Crippen LogP contribution is 2.14. The molecule has 0 spiro atoms. The van der Waals surface area contributed by atoms with Crippen molar-refractivity contribution in [2.45, 2.75) is 6.54 Å². The molecule has 2 rings (SSSR count). The summed E-state index contributed by atoms with van der Waals surface area (Å²) in [6.07, 6.45) is -1.13. The number of nitrogens with zero attached hydrogens (tertiary/aromatic N) is 1. The Kier molecular flexibility index (Phi) is 7.11. The smallest absolute Gasteiger partial charge is 0.404 e. The summed E-state index contributed by atoms with van der Waals surface area (Å²) in [6.45, 7) is 0.883.